The van der Waals surface area contributed by atoms with Gasteiger partial charge in [0.2, 0.25) is 0 Å². The van der Waals surface area contributed by atoms with Crippen molar-refractivity contribution in [3.05, 3.63) is 9.98 Å². The fourth-order valence-electron chi connectivity index (χ4n) is 1.25. The van der Waals surface area contributed by atoms with Crippen LogP contribution in [0.2, 0.25) is 0 Å². The van der Waals surface area contributed by atoms with Crippen molar-refractivity contribution in [3.63, 3.8) is 0 Å². The van der Waals surface area contributed by atoms with Gasteiger partial charge in [0.15, 0.2) is 0 Å². The van der Waals surface area contributed by atoms with Gasteiger partial charge in [-0.1, -0.05) is 11.3 Å². The predicted octanol–water partition coefficient (Wildman–Crippen LogP) is 2.46. The summed E-state index contributed by atoms with van der Waals surface area (Å²) in [6.07, 6.45) is 2.52. The van der Waals surface area contributed by atoms with E-state index in [4.69, 9.17) is 9.47 Å². The maximum Gasteiger partial charge on any atom is 0.274 e. The fraction of sp³-hybridized carbons (Fsp3) is 0.625. The Hall–Kier alpha value is -0.130. The molecule has 13 heavy (non-hydrogen) atoms. The summed E-state index contributed by atoms with van der Waals surface area (Å²) in [6, 6.07) is 0. The summed E-state index contributed by atoms with van der Waals surface area (Å²) in [6.45, 7) is 1.50. The SMILES string of the molecule is Brc1csc(OCC2CCCO2)n1. The number of hydrogen-bond acceptors (Lipinski definition) is 4. The minimum absolute atomic E-state index is 0.266. The average molecular weight is 264 g/mol. The molecule has 1 aliphatic rings. The van der Waals surface area contributed by atoms with Crippen molar-refractivity contribution < 1.29 is 9.47 Å². The van der Waals surface area contributed by atoms with Gasteiger partial charge in [-0.3, -0.25) is 0 Å². The molecule has 0 aromatic carbocycles. The molecule has 1 aromatic rings. The Morgan fingerprint density at radius 3 is 3.31 bits per heavy atom. The first-order valence-electron chi connectivity index (χ1n) is 4.20. The number of ether oxygens (including phenoxy) is 2. The van der Waals surface area contributed by atoms with Crippen molar-refractivity contribution in [2.45, 2.75) is 18.9 Å². The van der Waals surface area contributed by atoms with Gasteiger partial charge >= 0.3 is 0 Å². The number of halogens is 1. The Balaban J connectivity index is 1.78. The molecule has 1 aromatic heterocycles. The Labute approximate surface area is 89.2 Å². The fourth-order valence-corrected chi connectivity index (χ4v) is 2.34. The van der Waals surface area contributed by atoms with Gasteiger partial charge in [-0.15, -0.1) is 0 Å². The smallest absolute Gasteiger partial charge is 0.274 e. The topological polar surface area (TPSA) is 31.4 Å². The van der Waals surface area contributed by atoms with Crippen LogP contribution in [-0.2, 0) is 4.74 Å². The summed E-state index contributed by atoms with van der Waals surface area (Å²) in [5, 5.41) is 2.62. The van der Waals surface area contributed by atoms with Crippen molar-refractivity contribution in [2.24, 2.45) is 0 Å². The van der Waals surface area contributed by atoms with Crippen LogP contribution in [0.5, 0.6) is 5.19 Å². The molecule has 0 saturated carbocycles. The quantitative estimate of drug-likeness (QED) is 0.840. The van der Waals surface area contributed by atoms with Crippen LogP contribution < -0.4 is 4.74 Å². The zero-order valence-corrected chi connectivity index (χ0v) is 9.44. The van der Waals surface area contributed by atoms with Crippen molar-refractivity contribution in [1.29, 1.82) is 0 Å². The maximum absolute atomic E-state index is 5.46. The normalized spacial score (nSPS) is 22.1. The van der Waals surface area contributed by atoms with Gasteiger partial charge in [-0.05, 0) is 28.8 Å². The van der Waals surface area contributed by atoms with E-state index in [2.05, 4.69) is 20.9 Å². The highest BCUT2D eigenvalue weighted by molar-refractivity contribution is 9.10. The highest BCUT2D eigenvalue weighted by Gasteiger charge is 2.16. The molecule has 0 radical (unpaired) electrons. The monoisotopic (exact) mass is 263 g/mol. The van der Waals surface area contributed by atoms with E-state index in [9.17, 15) is 0 Å². The standard InChI is InChI=1S/C8H10BrNO2S/c9-7-5-13-8(10-7)12-4-6-2-1-3-11-6/h5-6H,1-4H2. The van der Waals surface area contributed by atoms with Crippen LogP contribution in [0.25, 0.3) is 0 Å². The molecule has 0 aliphatic carbocycles. The third-order valence-electron chi connectivity index (χ3n) is 1.87. The summed E-state index contributed by atoms with van der Waals surface area (Å²) in [4.78, 5) is 4.13. The Morgan fingerprint density at radius 2 is 2.69 bits per heavy atom. The van der Waals surface area contributed by atoms with Crippen LogP contribution in [0.1, 0.15) is 12.8 Å². The maximum atomic E-state index is 5.46. The first-order valence-corrected chi connectivity index (χ1v) is 5.87. The van der Waals surface area contributed by atoms with Crippen LogP contribution in [0, 0.1) is 0 Å². The zero-order chi connectivity index (χ0) is 9.10. The van der Waals surface area contributed by atoms with E-state index in [1.54, 1.807) is 0 Å². The minimum Gasteiger partial charge on any atom is -0.467 e. The number of hydrogen-bond donors (Lipinski definition) is 0. The number of nitrogens with zero attached hydrogens (tertiary/aromatic N) is 1. The molecule has 1 saturated heterocycles. The minimum atomic E-state index is 0.266. The molecule has 1 fully saturated rings. The molecule has 3 nitrogen and oxygen atoms in total. The first-order chi connectivity index (χ1) is 6.34. The van der Waals surface area contributed by atoms with E-state index >= 15 is 0 Å². The largest absolute Gasteiger partial charge is 0.467 e. The molecule has 2 heterocycles. The lowest BCUT2D eigenvalue weighted by atomic mass is 10.2. The second-order valence-corrected chi connectivity index (χ2v) is 4.52. The molecule has 1 unspecified atom stereocenters. The second-order valence-electron chi connectivity index (χ2n) is 2.88. The Bertz CT molecular complexity index is 273. The van der Waals surface area contributed by atoms with E-state index in [1.807, 2.05) is 5.38 Å². The van der Waals surface area contributed by atoms with Gasteiger partial charge in [-0.25, -0.2) is 0 Å². The molecule has 72 valence electrons. The van der Waals surface area contributed by atoms with E-state index < -0.39 is 0 Å². The van der Waals surface area contributed by atoms with Gasteiger partial charge < -0.3 is 9.47 Å². The molecule has 0 N–H and O–H groups in total. The van der Waals surface area contributed by atoms with Crippen LogP contribution in [0.15, 0.2) is 9.98 Å². The van der Waals surface area contributed by atoms with E-state index in [0.717, 1.165) is 24.1 Å². The molecular formula is C8H10BrNO2S. The molecule has 1 aliphatic heterocycles. The highest BCUT2D eigenvalue weighted by atomic mass is 79.9. The molecule has 5 heteroatoms. The lowest BCUT2D eigenvalue weighted by Crippen LogP contribution is -2.16. The molecule has 1 atom stereocenters. The highest BCUT2D eigenvalue weighted by Crippen LogP contribution is 2.22. The Morgan fingerprint density at radius 1 is 1.77 bits per heavy atom. The van der Waals surface area contributed by atoms with E-state index in [1.165, 1.54) is 11.3 Å². The van der Waals surface area contributed by atoms with Gasteiger partial charge in [-0.2, -0.15) is 4.98 Å². The molecule has 0 spiro atoms. The van der Waals surface area contributed by atoms with Crippen molar-refractivity contribution in [3.8, 4) is 5.19 Å². The second kappa shape index (κ2) is 4.39. The van der Waals surface area contributed by atoms with Gasteiger partial charge in [0.25, 0.3) is 5.19 Å². The lowest BCUT2D eigenvalue weighted by molar-refractivity contribution is 0.0678. The van der Waals surface area contributed by atoms with Crippen LogP contribution in [0.3, 0.4) is 0 Å². The van der Waals surface area contributed by atoms with Crippen molar-refractivity contribution >= 4 is 27.3 Å². The third kappa shape index (κ3) is 2.65. The zero-order valence-electron chi connectivity index (χ0n) is 7.03. The number of aromatic nitrogens is 1. The molecule has 0 amide bonds. The number of thiazole rings is 1. The van der Waals surface area contributed by atoms with Crippen molar-refractivity contribution in [1.82, 2.24) is 4.98 Å². The summed E-state index contributed by atoms with van der Waals surface area (Å²) >= 11 is 4.77. The summed E-state index contributed by atoms with van der Waals surface area (Å²) < 4.78 is 11.7. The van der Waals surface area contributed by atoms with Crippen LogP contribution in [-0.4, -0.2) is 24.3 Å². The van der Waals surface area contributed by atoms with Gasteiger partial charge in [0.05, 0.1) is 6.10 Å². The Kier molecular flexibility index (Phi) is 3.18. The lowest BCUT2D eigenvalue weighted by Gasteiger charge is -2.08. The summed E-state index contributed by atoms with van der Waals surface area (Å²) in [5.41, 5.74) is 0. The van der Waals surface area contributed by atoms with Crippen LogP contribution in [0.4, 0.5) is 0 Å². The molecule has 0 bridgehead atoms. The molecule has 2 rings (SSSR count). The summed E-state index contributed by atoms with van der Waals surface area (Å²) in [7, 11) is 0. The van der Waals surface area contributed by atoms with Crippen LogP contribution >= 0.6 is 27.3 Å². The predicted molar refractivity (Wildman–Crippen MR) is 54.3 cm³/mol. The van der Waals surface area contributed by atoms with Gasteiger partial charge in [0.1, 0.15) is 11.2 Å². The first kappa shape index (κ1) is 9.43. The average Bonchev–Trinajstić information content (AvgIpc) is 2.71. The third-order valence-corrected chi connectivity index (χ3v) is 3.33. The van der Waals surface area contributed by atoms with E-state index in [-0.39, 0.29) is 6.10 Å². The van der Waals surface area contributed by atoms with Gasteiger partial charge in [0, 0.05) is 12.0 Å². The molecular weight excluding hydrogens is 254 g/mol. The summed E-state index contributed by atoms with van der Waals surface area (Å²) in [5.74, 6) is 0. The van der Waals surface area contributed by atoms with E-state index in [0.29, 0.717) is 11.8 Å². The van der Waals surface area contributed by atoms with Crippen molar-refractivity contribution in [2.75, 3.05) is 13.2 Å². The number of rotatable bonds is 3.